The average Bonchev–Trinajstić information content (AvgIpc) is 2.95. The molecule has 1 fully saturated rings. The predicted octanol–water partition coefficient (Wildman–Crippen LogP) is -0.0594. The first-order chi connectivity index (χ1) is 9.54. The van der Waals surface area contributed by atoms with E-state index in [9.17, 15) is 9.59 Å². The van der Waals surface area contributed by atoms with Crippen LogP contribution in [0.2, 0.25) is 0 Å². The van der Waals surface area contributed by atoms with Gasteiger partial charge in [0.15, 0.2) is 5.65 Å². The third-order valence-electron chi connectivity index (χ3n) is 3.68. The molecule has 3 rings (SSSR count). The molecule has 2 aromatic rings. The molecule has 2 atom stereocenters. The second-order valence-corrected chi connectivity index (χ2v) is 5.35. The van der Waals surface area contributed by atoms with E-state index >= 15 is 0 Å². The largest absolute Gasteiger partial charge is 0.349 e. The number of aromatic amines is 1. The highest BCUT2D eigenvalue weighted by Gasteiger charge is 2.24. The van der Waals surface area contributed by atoms with Crippen molar-refractivity contribution in [3.05, 3.63) is 33.9 Å². The molecule has 106 valence electrons. The van der Waals surface area contributed by atoms with E-state index in [1.165, 1.54) is 10.7 Å². The third-order valence-corrected chi connectivity index (χ3v) is 3.68. The third kappa shape index (κ3) is 2.20. The molecule has 1 amide bonds. The number of aromatic nitrogens is 3. The van der Waals surface area contributed by atoms with E-state index in [0.29, 0.717) is 5.65 Å². The lowest BCUT2D eigenvalue weighted by Crippen LogP contribution is -2.37. The molecule has 1 aliphatic rings. The second kappa shape index (κ2) is 4.75. The Balaban J connectivity index is 1.88. The average molecular weight is 275 g/mol. The summed E-state index contributed by atoms with van der Waals surface area (Å²) in [7, 11) is 0. The highest BCUT2D eigenvalue weighted by Crippen LogP contribution is 2.17. The minimum Gasteiger partial charge on any atom is -0.349 e. The highest BCUT2D eigenvalue weighted by molar-refractivity contribution is 5.93. The van der Waals surface area contributed by atoms with Gasteiger partial charge in [0.2, 0.25) is 0 Å². The van der Waals surface area contributed by atoms with Crippen LogP contribution in [-0.2, 0) is 0 Å². The molecule has 7 heteroatoms. The summed E-state index contributed by atoms with van der Waals surface area (Å²) in [5, 5.41) is 5.72. The summed E-state index contributed by atoms with van der Waals surface area (Å²) in [6.45, 7) is 1.83. The van der Waals surface area contributed by atoms with E-state index in [-0.39, 0.29) is 29.1 Å². The van der Waals surface area contributed by atoms with Gasteiger partial charge in [0.25, 0.3) is 11.5 Å². The molecule has 7 nitrogen and oxygen atoms in total. The molecule has 0 aromatic carbocycles. The number of rotatable bonds is 2. The maximum absolute atomic E-state index is 12.2. The summed E-state index contributed by atoms with van der Waals surface area (Å²) in [6.07, 6.45) is 3.84. The van der Waals surface area contributed by atoms with Crippen LogP contribution < -0.4 is 16.6 Å². The predicted molar refractivity (Wildman–Crippen MR) is 73.6 cm³/mol. The Morgan fingerprint density at radius 3 is 3.05 bits per heavy atom. The highest BCUT2D eigenvalue weighted by atomic mass is 16.2. The Hall–Kier alpha value is -2.15. The molecule has 0 saturated heterocycles. The van der Waals surface area contributed by atoms with Crippen molar-refractivity contribution in [1.82, 2.24) is 19.9 Å². The van der Waals surface area contributed by atoms with Crippen LogP contribution in [0.5, 0.6) is 0 Å². The van der Waals surface area contributed by atoms with Crippen molar-refractivity contribution in [2.24, 2.45) is 5.73 Å². The minimum atomic E-state index is -0.386. The van der Waals surface area contributed by atoms with E-state index in [1.807, 2.05) is 6.92 Å². The van der Waals surface area contributed by atoms with Gasteiger partial charge in [0, 0.05) is 30.0 Å². The van der Waals surface area contributed by atoms with Crippen LogP contribution in [0.3, 0.4) is 0 Å². The number of H-pyrrole nitrogens is 1. The lowest BCUT2D eigenvalue weighted by Gasteiger charge is -2.11. The molecule has 20 heavy (non-hydrogen) atoms. The van der Waals surface area contributed by atoms with Crippen LogP contribution in [0.15, 0.2) is 17.1 Å². The van der Waals surface area contributed by atoms with Crippen LogP contribution in [0, 0.1) is 6.92 Å². The fourth-order valence-corrected chi connectivity index (χ4v) is 2.65. The molecular weight excluding hydrogens is 258 g/mol. The molecular formula is C13H17N5O2. The Kier molecular flexibility index (Phi) is 3.06. The smallest absolute Gasteiger partial charge is 0.285 e. The molecule has 1 aliphatic carbocycles. The number of hydrogen-bond donors (Lipinski definition) is 3. The Morgan fingerprint density at radius 1 is 1.55 bits per heavy atom. The number of hydrogen-bond acceptors (Lipinski definition) is 4. The molecule has 0 bridgehead atoms. The zero-order valence-corrected chi connectivity index (χ0v) is 11.2. The maximum Gasteiger partial charge on any atom is 0.285 e. The van der Waals surface area contributed by atoms with Gasteiger partial charge in [-0.15, -0.1) is 0 Å². The summed E-state index contributed by atoms with van der Waals surface area (Å²) < 4.78 is 1.28. The molecule has 2 aromatic heterocycles. The minimum absolute atomic E-state index is 0.0444. The van der Waals surface area contributed by atoms with E-state index < -0.39 is 0 Å². The molecule has 0 radical (unpaired) electrons. The summed E-state index contributed by atoms with van der Waals surface area (Å²) in [5.74, 6) is -0.386. The SMILES string of the molecule is Cc1cc2ncc(C(=O)N[C@@H]3CC[C@@H](N)C3)c(=O)n2[nH]1. The van der Waals surface area contributed by atoms with Gasteiger partial charge in [0.1, 0.15) is 5.56 Å². The molecule has 4 N–H and O–H groups in total. The maximum atomic E-state index is 12.2. The second-order valence-electron chi connectivity index (χ2n) is 5.35. The first-order valence-electron chi connectivity index (χ1n) is 6.68. The van der Waals surface area contributed by atoms with E-state index in [2.05, 4.69) is 15.4 Å². The number of aryl methyl sites for hydroxylation is 1. The van der Waals surface area contributed by atoms with Crippen molar-refractivity contribution in [3.63, 3.8) is 0 Å². The fraction of sp³-hybridized carbons (Fsp3) is 0.462. The van der Waals surface area contributed by atoms with Gasteiger partial charge in [-0.05, 0) is 26.2 Å². The van der Waals surface area contributed by atoms with Crippen LogP contribution >= 0.6 is 0 Å². The first-order valence-corrected chi connectivity index (χ1v) is 6.68. The Labute approximate surface area is 115 Å². The van der Waals surface area contributed by atoms with Gasteiger partial charge in [-0.1, -0.05) is 0 Å². The molecule has 2 heterocycles. The normalized spacial score (nSPS) is 22.3. The van der Waals surface area contributed by atoms with E-state index in [1.54, 1.807) is 6.07 Å². The van der Waals surface area contributed by atoms with Gasteiger partial charge in [-0.25, -0.2) is 9.50 Å². The molecule has 0 spiro atoms. The van der Waals surface area contributed by atoms with Crippen molar-refractivity contribution in [3.8, 4) is 0 Å². The van der Waals surface area contributed by atoms with Crippen molar-refractivity contribution in [1.29, 1.82) is 0 Å². The van der Waals surface area contributed by atoms with Crippen molar-refractivity contribution >= 4 is 11.6 Å². The first kappa shape index (κ1) is 12.9. The number of nitrogens with zero attached hydrogens (tertiary/aromatic N) is 2. The number of carbonyl (C=O) groups is 1. The van der Waals surface area contributed by atoms with Crippen LogP contribution in [0.4, 0.5) is 0 Å². The van der Waals surface area contributed by atoms with Gasteiger partial charge in [-0.2, -0.15) is 0 Å². The van der Waals surface area contributed by atoms with Crippen LogP contribution in [-0.4, -0.2) is 32.6 Å². The van der Waals surface area contributed by atoms with Crippen LogP contribution in [0.1, 0.15) is 35.3 Å². The standard InChI is InChI=1S/C13H17N5O2/c1-7-4-11-15-6-10(13(20)18(11)17-7)12(19)16-9-3-2-8(14)5-9/h4,6,8-9,17H,2-3,5,14H2,1H3,(H,16,19)/t8-,9-/m1/s1. The van der Waals surface area contributed by atoms with Gasteiger partial charge >= 0.3 is 0 Å². The van der Waals surface area contributed by atoms with Crippen molar-refractivity contribution in [2.75, 3.05) is 0 Å². The summed E-state index contributed by atoms with van der Waals surface area (Å²) in [6, 6.07) is 1.93. The number of amides is 1. The van der Waals surface area contributed by atoms with Gasteiger partial charge < -0.3 is 11.1 Å². The van der Waals surface area contributed by atoms with Crippen LogP contribution in [0.25, 0.3) is 5.65 Å². The molecule has 1 saturated carbocycles. The lowest BCUT2D eigenvalue weighted by molar-refractivity contribution is 0.0935. The number of carbonyl (C=O) groups excluding carboxylic acids is 1. The molecule has 0 unspecified atom stereocenters. The summed E-state index contributed by atoms with van der Waals surface area (Å²) in [5.41, 5.74) is 6.79. The lowest BCUT2D eigenvalue weighted by atomic mass is 10.2. The summed E-state index contributed by atoms with van der Waals surface area (Å²) in [4.78, 5) is 28.5. The molecule has 0 aliphatic heterocycles. The number of fused-ring (bicyclic) bond motifs is 1. The topological polar surface area (TPSA) is 105 Å². The van der Waals surface area contributed by atoms with Gasteiger partial charge in [0.05, 0.1) is 0 Å². The summed E-state index contributed by atoms with van der Waals surface area (Å²) >= 11 is 0. The number of nitrogens with one attached hydrogen (secondary N) is 2. The monoisotopic (exact) mass is 275 g/mol. The van der Waals surface area contributed by atoms with Crippen molar-refractivity contribution in [2.45, 2.75) is 38.3 Å². The van der Waals surface area contributed by atoms with Crippen molar-refractivity contribution < 1.29 is 4.79 Å². The fourth-order valence-electron chi connectivity index (χ4n) is 2.65. The van der Waals surface area contributed by atoms with E-state index in [0.717, 1.165) is 25.0 Å². The number of nitrogens with two attached hydrogens (primary N) is 1. The zero-order valence-electron chi connectivity index (χ0n) is 11.2. The Bertz CT molecular complexity index is 717. The Morgan fingerprint density at radius 2 is 2.35 bits per heavy atom. The quantitative estimate of drug-likeness (QED) is 0.714. The zero-order chi connectivity index (χ0) is 14.3. The van der Waals surface area contributed by atoms with Gasteiger partial charge in [-0.3, -0.25) is 14.7 Å². The van der Waals surface area contributed by atoms with E-state index in [4.69, 9.17) is 5.73 Å².